The van der Waals surface area contributed by atoms with Crippen molar-refractivity contribution < 1.29 is 14.3 Å². The third kappa shape index (κ3) is 4.00. The van der Waals surface area contributed by atoms with E-state index in [4.69, 9.17) is 5.11 Å². The number of carbonyl (C=O) groups is 1. The monoisotopic (exact) mass is 254 g/mol. The molecule has 4 nitrogen and oxygen atoms in total. The van der Waals surface area contributed by atoms with Crippen LogP contribution in [0.25, 0.3) is 0 Å². The number of carbonyl (C=O) groups excluding carboxylic acids is 1. The van der Waals surface area contributed by atoms with Crippen LogP contribution in [-0.4, -0.2) is 23.8 Å². The average molecular weight is 254 g/mol. The van der Waals surface area contributed by atoms with Crippen molar-refractivity contribution in [1.82, 2.24) is 5.32 Å². The van der Waals surface area contributed by atoms with E-state index in [1.807, 2.05) is 6.92 Å². The van der Waals surface area contributed by atoms with E-state index < -0.39 is 11.8 Å². The summed E-state index contributed by atoms with van der Waals surface area (Å²) in [5, 5.41) is 14.0. The Balaban J connectivity index is 2.59. The molecule has 0 heterocycles. The van der Waals surface area contributed by atoms with Gasteiger partial charge in [-0.05, 0) is 37.5 Å². The van der Waals surface area contributed by atoms with Gasteiger partial charge in [0, 0.05) is 12.6 Å². The molecule has 5 heteroatoms. The quantitative estimate of drug-likeness (QED) is 0.772. The van der Waals surface area contributed by atoms with Crippen LogP contribution in [0.3, 0.4) is 0 Å². The summed E-state index contributed by atoms with van der Waals surface area (Å²) in [6.07, 6.45) is 0. The summed E-state index contributed by atoms with van der Waals surface area (Å²) in [6, 6.07) is 3.92. The second-order valence-electron chi connectivity index (χ2n) is 4.53. The summed E-state index contributed by atoms with van der Waals surface area (Å²) in [5.74, 6) is -0.522. The minimum atomic E-state index is -0.481. The molecule has 3 N–H and O–H groups in total. The Morgan fingerprint density at radius 2 is 2.11 bits per heavy atom. The molecule has 0 bridgehead atoms. The fourth-order valence-electron chi connectivity index (χ4n) is 1.39. The van der Waals surface area contributed by atoms with Crippen LogP contribution in [-0.2, 0) is 0 Å². The molecule has 0 radical (unpaired) electrons. The number of benzene rings is 1. The number of aliphatic hydroxyl groups is 1. The Bertz CT molecular complexity index is 423. The molecule has 0 aliphatic carbocycles. The standard InChI is InChI=1S/C13H19FN2O2/c1-8-4-5-12(11(14)6-8)16-13(18)15-10(3)9(2)7-17/h4-6,9-10,17H,7H2,1-3H3,(H2,15,16,18). The molecule has 0 spiro atoms. The highest BCUT2D eigenvalue weighted by Crippen LogP contribution is 2.15. The van der Waals surface area contributed by atoms with Gasteiger partial charge in [0.05, 0.1) is 5.69 Å². The number of rotatable bonds is 4. The second-order valence-corrected chi connectivity index (χ2v) is 4.53. The molecule has 0 aliphatic rings. The van der Waals surface area contributed by atoms with E-state index in [-0.39, 0.29) is 24.3 Å². The first-order chi connectivity index (χ1) is 8.43. The average Bonchev–Trinajstić information content (AvgIpc) is 2.31. The number of halogens is 1. The van der Waals surface area contributed by atoms with Crippen LogP contribution in [0, 0.1) is 18.7 Å². The summed E-state index contributed by atoms with van der Waals surface area (Å²) >= 11 is 0. The fraction of sp³-hybridized carbons (Fsp3) is 0.462. The summed E-state index contributed by atoms with van der Waals surface area (Å²) in [5.41, 5.74) is 0.933. The second kappa shape index (κ2) is 6.35. The number of urea groups is 1. The Morgan fingerprint density at radius 3 is 2.67 bits per heavy atom. The maximum atomic E-state index is 13.5. The smallest absolute Gasteiger partial charge is 0.319 e. The highest BCUT2D eigenvalue weighted by molar-refractivity contribution is 5.89. The van der Waals surface area contributed by atoms with Crippen LogP contribution in [0.15, 0.2) is 18.2 Å². The molecule has 0 aliphatic heterocycles. The van der Waals surface area contributed by atoms with Crippen LogP contribution < -0.4 is 10.6 Å². The number of hydrogen-bond acceptors (Lipinski definition) is 2. The Labute approximate surface area is 106 Å². The van der Waals surface area contributed by atoms with Gasteiger partial charge in [0.2, 0.25) is 0 Å². The fourth-order valence-corrected chi connectivity index (χ4v) is 1.39. The Kier molecular flexibility index (Phi) is 5.09. The predicted molar refractivity (Wildman–Crippen MR) is 69.0 cm³/mol. The lowest BCUT2D eigenvalue weighted by Gasteiger charge is -2.19. The van der Waals surface area contributed by atoms with Crippen molar-refractivity contribution in [3.63, 3.8) is 0 Å². The van der Waals surface area contributed by atoms with Crippen molar-refractivity contribution in [2.24, 2.45) is 5.92 Å². The van der Waals surface area contributed by atoms with E-state index in [1.54, 1.807) is 19.9 Å². The van der Waals surface area contributed by atoms with Gasteiger partial charge in [-0.3, -0.25) is 0 Å². The van der Waals surface area contributed by atoms with Crippen molar-refractivity contribution in [3.05, 3.63) is 29.6 Å². The first kappa shape index (κ1) is 14.4. The molecular weight excluding hydrogens is 235 g/mol. The minimum Gasteiger partial charge on any atom is -0.396 e. The molecular formula is C13H19FN2O2. The van der Waals surface area contributed by atoms with E-state index in [9.17, 15) is 9.18 Å². The lowest BCUT2D eigenvalue weighted by molar-refractivity contribution is 0.204. The van der Waals surface area contributed by atoms with Crippen molar-refractivity contribution >= 4 is 11.7 Å². The lowest BCUT2D eigenvalue weighted by atomic mass is 10.1. The molecule has 2 amide bonds. The molecule has 0 saturated heterocycles. The SMILES string of the molecule is Cc1ccc(NC(=O)NC(C)C(C)CO)c(F)c1. The topological polar surface area (TPSA) is 61.4 Å². The molecule has 2 atom stereocenters. The Morgan fingerprint density at radius 1 is 1.44 bits per heavy atom. The van der Waals surface area contributed by atoms with Gasteiger partial charge >= 0.3 is 6.03 Å². The molecule has 0 saturated carbocycles. The van der Waals surface area contributed by atoms with Crippen LogP contribution in [0.4, 0.5) is 14.9 Å². The van der Waals surface area contributed by atoms with Crippen LogP contribution >= 0.6 is 0 Å². The predicted octanol–water partition coefficient (Wildman–Crippen LogP) is 2.27. The van der Waals surface area contributed by atoms with Gasteiger partial charge in [0.15, 0.2) is 0 Å². The molecule has 1 aromatic carbocycles. The van der Waals surface area contributed by atoms with Crippen molar-refractivity contribution in [1.29, 1.82) is 0 Å². The molecule has 100 valence electrons. The zero-order chi connectivity index (χ0) is 13.7. The lowest BCUT2D eigenvalue weighted by Crippen LogP contribution is -2.40. The summed E-state index contributed by atoms with van der Waals surface area (Å²) in [4.78, 5) is 11.6. The van der Waals surface area contributed by atoms with E-state index in [0.717, 1.165) is 5.56 Å². The normalized spacial score (nSPS) is 13.8. The van der Waals surface area contributed by atoms with Gasteiger partial charge in [0.25, 0.3) is 0 Å². The largest absolute Gasteiger partial charge is 0.396 e. The summed E-state index contributed by atoms with van der Waals surface area (Å²) in [6.45, 7) is 5.36. The minimum absolute atomic E-state index is 0.0136. The third-order valence-electron chi connectivity index (χ3n) is 2.87. The number of amides is 2. The van der Waals surface area contributed by atoms with Gasteiger partial charge in [-0.15, -0.1) is 0 Å². The summed E-state index contributed by atoms with van der Waals surface area (Å²) in [7, 11) is 0. The van der Waals surface area contributed by atoms with Crippen molar-refractivity contribution in [3.8, 4) is 0 Å². The van der Waals surface area contributed by atoms with E-state index >= 15 is 0 Å². The van der Waals surface area contributed by atoms with Crippen LogP contribution in [0.1, 0.15) is 19.4 Å². The van der Waals surface area contributed by atoms with Gasteiger partial charge in [0.1, 0.15) is 5.82 Å². The van der Waals surface area contributed by atoms with E-state index in [1.165, 1.54) is 12.1 Å². The number of nitrogens with one attached hydrogen (secondary N) is 2. The van der Waals surface area contributed by atoms with Crippen molar-refractivity contribution in [2.45, 2.75) is 26.8 Å². The highest BCUT2D eigenvalue weighted by atomic mass is 19.1. The first-order valence-electron chi connectivity index (χ1n) is 5.88. The molecule has 1 rings (SSSR count). The summed E-state index contributed by atoms with van der Waals surface area (Å²) < 4.78 is 13.5. The van der Waals surface area contributed by atoms with E-state index in [0.29, 0.717) is 0 Å². The Hall–Kier alpha value is -1.62. The van der Waals surface area contributed by atoms with Gasteiger partial charge in [-0.1, -0.05) is 13.0 Å². The molecule has 18 heavy (non-hydrogen) atoms. The first-order valence-corrected chi connectivity index (χ1v) is 5.88. The number of aryl methyl sites for hydroxylation is 1. The maximum absolute atomic E-state index is 13.5. The molecule has 2 unspecified atom stereocenters. The van der Waals surface area contributed by atoms with E-state index in [2.05, 4.69) is 10.6 Å². The number of anilines is 1. The zero-order valence-electron chi connectivity index (χ0n) is 10.8. The van der Waals surface area contributed by atoms with Crippen LogP contribution in [0.5, 0.6) is 0 Å². The third-order valence-corrected chi connectivity index (χ3v) is 2.87. The van der Waals surface area contributed by atoms with Crippen molar-refractivity contribution in [2.75, 3.05) is 11.9 Å². The van der Waals surface area contributed by atoms with Gasteiger partial charge in [-0.2, -0.15) is 0 Å². The van der Waals surface area contributed by atoms with Crippen LogP contribution in [0.2, 0.25) is 0 Å². The number of aliphatic hydroxyl groups excluding tert-OH is 1. The zero-order valence-corrected chi connectivity index (χ0v) is 10.8. The molecule has 1 aromatic rings. The highest BCUT2D eigenvalue weighted by Gasteiger charge is 2.14. The molecule has 0 aromatic heterocycles. The van der Waals surface area contributed by atoms with Gasteiger partial charge < -0.3 is 15.7 Å². The maximum Gasteiger partial charge on any atom is 0.319 e. The van der Waals surface area contributed by atoms with Gasteiger partial charge in [-0.25, -0.2) is 9.18 Å². The molecule has 0 fully saturated rings. The number of hydrogen-bond donors (Lipinski definition) is 3.